The molecule has 2 nitrogen and oxygen atoms in total. The lowest BCUT2D eigenvalue weighted by Gasteiger charge is -2.36. The fraction of sp³-hybridized carbons (Fsp3) is 0.684. The molecule has 1 saturated carbocycles. The Balaban J connectivity index is 2.07. The number of benzene rings is 1. The summed E-state index contributed by atoms with van der Waals surface area (Å²) in [5.74, 6) is 0.858. The molecule has 1 N–H and O–H groups in total. The highest BCUT2D eigenvalue weighted by Crippen LogP contribution is 2.28. The van der Waals surface area contributed by atoms with Gasteiger partial charge in [-0.25, -0.2) is 0 Å². The minimum Gasteiger partial charge on any atom is -0.370 e. The Bertz CT molecular complexity index is 410. The van der Waals surface area contributed by atoms with Crippen molar-refractivity contribution in [3.8, 4) is 0 Å². The maximum atomic E-state index is 3.76. The van der Waals surface area contributed by atoms with Crippen LogP contribution in [0.15, 0.2) is 24.3 Å². The molecule has 0 amide bonds. The molecule has 21 heavy (non-hydrogen) atoms. The number of aryl methyl sites for hydroxylation is 1. The zero-order chi connectivity index (χ0) is 15.1. The summed E-state index contributed by atoms with van der Waals surface area (Å²) < 4.78 is 0. The lowest BCUT2D eigenvalue weighted by atomic mass is 9.83. The van der Waals surface area contributed by atoms with Crippen molar-refractivity contribution in [3.05, 3.63) is 29.8 Å². The van der Waals surface area contributed by atoms with E-state index in [1.807, 2.05) is 0 Å². The highest BCUT2D eigenvalue weighted by atomic mass is 15.2. The van der Waals surface area contributed by atoms with Crippen LogP contribution >= 0.6 is 0 Å². The third kappa shape index (κ3) is 4.47. The molecule has 0 radical (unpaired) electrons. The van der Waals surface area contributed by atoms with Crippen LogP contribution in [0.1, 0.15) is 51.5 Å². The number of rotatable bonds is 7. The van der Waals surface area contributed by atoms with Gasteiger partial charge in [0.2, 0.25) is 0 Å². The first-order valence-electron chi connectivity index (χ1n) is 8.80. The van der Waals surface area contributed by atoms with E-state index in [4.69, 9.17) is 0 Å². The van der Waals surface area contributed by atoms with Crippen molar-refractivity contribution in [2.45, 2.75) is 58.9 Å². The Morgan fingerprint density at radius 1 is 1.14 bits per heavy atom. The van der Waals surface area contributed by atoms with Gasteiger partial charge >= 0.3 is 0 Å². The van der Waals surface area contributed by atoms with E-state index in [2.05, 4.69) is 55.3 Å². The predicted octanol–water partition coefficient (Wildman–Crippen LogP) is 4.38. The zero-order valence-corrected chi connectivity index (χ0v) is 14.1. The summed E-state index contributed by atoms with van der Waals surface area (Å²) >= 11 is 0. The highest BCUT2D eigenvalue weighted by Gasteiger charge is 2.25. The molecule has 2 rings (SSSR count). The zero-order valence-electron chi connectivity index (χ0n) is 14.1. The van der Waals surface area contributed by atoms with Crippen LogP contribution in [0, 0.1) is 12.8 Å². The number of anilines is 1. The van der Waals surface area contributed by atoms with Crippen LogP contribution in [0.25, 0.3) is 0 Å². The Morgan fingerprint density at radius 3 is 2.48 bits per heavy atom. The summed E-state index contributed by atoms with van der Waals surface area (Å²) in [4.78, 5) is 2.55. The molecule has 1 aromatic carbocycles. The van der Waals surface area contributed by atoms with E-state index >= 15 is 0 Å². The van der Waals surface area contributed by atoms with Gasteiger partial charge in [0, 0.05) is 24.8 Å². The van der Waals surface area contributed by atoms with Gasteiger partial charge in [0.15, 0.2) is 0 Å². The highest BCUT2D eigenvalue weighted by molar-refractivity contribution is 5.53. The van der Waals surface area contributed by atoms with E-state index in [0.29, 0.717) is 6.04 Å². The first kappa shape index (κ1) is 16.4. The van der Waals surface area contributed by atoms with Crippen molar-refractivity contribution >= 4 is 5.69 Å². The van der Waals surface area contributed by atoms with E-state index < -0.39 is 0 Å². The summed E-state index contributed by atoms with van der Waals surface area (Å²) in [6, 6.07) is 9.42. The van der Waals surface area contributed by atoms with Crippen LogP contribution < -0.4 is 10.2 Å². The Kier molecular flexibility index (Phi) is 6.56. The third-order valence-electron chi connectivity index (χ3n) is 4.94. The SMILES string of the molecule is CCNC(CN(CC)c1ccccc1C)C1CCCCC1. The average Bonchev–Trinajstić information content (AvgIpc) is 2.53. The van der Waals surface area contributed by atoms with Crippen molar-refractivity contribution in [3.63, 3.8) is 0 Å². The number of likely N-dealkylation sites (N-methyl/N-ethyl adjacent to an activating group) is 2. The molecule has 0 aromatic heterocycles. The van der Waals surface area contributed by atoms with Gasteiger partial charge in [0.1, 0.15) is 0 Å². The van der Waals surface area contributed by atoms with Crippen molar-refractivity contribution < 1.29 is 0 Å². The largest absolute Gasteiger partial charge is 0.370 e. The lowest BCUT2D eigenvalue weighted by molar-refractivity contribution is 0.272. The summed E-state index contributed by atoms with van der Waals surface area (Å²) in [5.41, 5.74) is 2.79. The van der Waals surface area contributed by atoms with Crippen LogP contribution in [0.4, 0.5) is 5.69 Å². The summed E-state index contributed by atoms with van der Waals surface area (Å²) in [5, 5.41) is 3.76. The molecule has 1 aliphatic rings. The molecule has 0 heterocycles. The van der Waals surface area contributed by atoms with Crippen molar-refractivity contribution in [2.75, 3.05) is 24.5 Å². The number of nitrogens with one attached hydrogen (secondary N) is 1. The average molecular weight is 288 g/mol. The quantitative estimate of drug-likeness (QED) is 0.801. The molecular formula is C19H32N2. The minimum atomic E-state index is 0.634. The Hall–Kier alpha value is -1.02. The maximum absolute atomic E-state index is 3.76. The van der Waals surface area contributed by atoms with E-state index in [1.165, 1.54) is 43.4 Å². The summed E-state index contributed by atoms with van der Waals surface area (Å²) in [6.07, 6.45) is 7.09. The van der Waals surface area contributed by atoms with Crippen LogP contribution in [0.3, 0.4) is 0 Å². The summed E-state index contributed by atoms with van der Waals surface area (Å²) in [7, 11) is 0. The molecule has 0 spiro atoms. The van der Waals surface area contributed by atoms with Crippen LogP contribution in [-0.4, -0.2) is 25.7 Å². The normalized spacial score (nSPS) is 17.7. The van der Waals surface area contributed by atoms with Crippen molar-refractivity contribution in [2.24, 2.45) is 5.92 Å². The monoisotopic (exact) mass is 288 g/mol. The van der Waals surface area contributed by atoms with Gasteiger partial charge < -0.3 is 10.2 Å². The molecule has 1 unspecified atom stereocenters. The Morgan fingerprint density at radius 2 is 1.86 bits per heavy atom. The fourth-order valence-electron chi connectivity index (χ4n) is 3.73. The van der Waals surface area contributed by atoms with Crippen LogP contribution in [-0.2, 0) is 0 Å². The molecule has 2 heteroatoms. The number of para-hydroxylation sites is 1. The fourth-order valence-corrected chi connectivity index (χ4v) is 3.73. The third-order valence-corrected chi connectivity index (χ3v) is 4.94. The molecule has 118 valence electrons. The van der Waals surface area contributed by atoms with E-state index in [-0.39, 0.29) is 0 Å². The van der Waals surface area contributed by atoms with Gasteiger partial charge in [-0.1, -0.05) is 44.4 Å². The Labute approximate surface area is 130 Å². The number of nitrogens with zero attached hydrogens (tertiary/aromatic N) is 1. The van der Waals surface area contributed by atoms with Crippen molar-refractivity contribution in [1.29, 1.82) is 0 Å². The van der Waals surface area contributed by atoms with Gasteiger partial charge in [0.05, 0.1) is 0 Å². The maximum Gasteiger partial charge on any atom is 0.0396 e. The standard InChI is InChI=1S/C19H32N2/c1-4-20-18(17-12-7-6-8-13-17)15-21(5-2)19-14-10-9-11-16(19)3/h9-11,14,17-18,20H,4-8,12-13,15H2,1-3H3. The number of hydrogen-bond acceptors (Lipinski definition) is 2. The molecule has 0 bridgehead atoms. The first-order chi connectivity index (χ1) is 10.3. The topological polar surface area (TPSA) is 15.3 Å². The number of hydrogen-bond donors (Lipinski definition) is 1. The minimum absolute atomic E-state index is 0.634. The smallest absolute Gasteiger partial charge is 0.0396 e. The van der Waals surface area contributed by atoms with Gasteiger partial charge in [0.25, 0.3) is 0 Å². The molecular weight excluding hydrogens is 256 g/mol. The van der Waals surface area contributed by atoms with Gasteiger partial charge in [-0.2, -0.15) is 0 Å². The van der Waals surface area contributed by atoms with Gasteiger partial charge in [-0.3, -0.25) is 0 Å². The second kappa shape index (κ2) is 8.43. The molecule has 1 atom stereocenters. The molecule has 1 fully saturated rings. The van der Waals surface area contributed by atoms with Gasteiger partial charge in [-0.15, -0.1) is 0 Å². The van der Waals surface area contributed by atoms with Crippen molar-refractivity contribution in [1.82, 2.24) is 5.32 Å². The molecule has 0 aliphatic heterocycles. The van der Waals surface area contributed by atoms with Crippen LogP contribution in [0.5, 0.6) is 0 Å². The van der Waals surface area contributed by atoms with Crippen LogP contribution in [0.2, 0.25) is 0 Å². The molecule has 0 saturated heterocycles. The predicted molar refractivity (Wildman–Crippen MR) is 93.1 cm³/mol. The lowest BCUT2D eigenvalue weighted by Crippen LogP contribution is -2.46. The van der Waals surface area contributed by atoms with E-state index in [0.717, 1.165) is 25.6 Å². The molecule has 1 aliphatic carbocycles. The van der Waals surface area contributed by atoms with E-state index in [9.17, 15) is 0 Å². The van der Waals surface area contributed by atoms with Gasteiger partial charge in [-0.05, 0) is 50.8 Å². The second-order valence-corrected chi connectivity index (χ2v) is 6.39. The molecule has 1 aromatic rings. The second-order valence-electron chi connectivity index (χ2n) is 6.39. The van der Waals surface area contributed by atoms with E-state index in [1.54, 1.807) is 0 Å². The first-order valence-corrected chi connectivity index (χ1v) is 8.80. The summed E-state index contributed by atoms with van der Waals surface area (Å²) in [6.45, 7) is 10.0.